The Balaban J connectivity index is 2.12. The highest BCUT2D eigenvalue weighted by Crippen LogP contribution is 2.29. The fourth-order valence-electron chi connectivity index (χ4n) is 2.12. The van der Waals surface area contributed by atoms with Crippen LogP contribution in [0.1, 0.15) is 30.5 Å². The summed E-state index contributed by atoms with van der Waals surface area (Å²) in [4.78, 5) is 3.52. The number of nitriles is 1. The highest BCUT2D eigenvalue weighted by atomic mass is 19.4. The van der Waals surface area contributed by atoms with Crippen molar-refractivity contribution in [3.05, 3.63) is 35.5 Å². The minimum atomic E-state index is -4.50. The summed E-state index contributed by atoms with van der Waals surface area (Å²) in [5, 5.41) is 11.8. The number of rotatable bonds is 3. The maximum Gasteiger partial charge on any atom is 0.433 e. The Hall–Kier alpha value is -2.03. The fourth-order valence-corrected chi connectivity index (χ4v) is 2.12. The van der Waals surface area contributed by atoms with E-state index < -0.39 is 11.9 Å². The molecule has 0 aliphatic heterocycles. The van der Waals surface area contributed by atoms with Gasteiger partial charge in [0.15, 0.2) is 0 Å². The van der Waals surface area contributed by atoms with Crippen LogP contribution in [0.4, 0.5) is 19.0 Å². The number of allylic oxidation sites excluding steroid dienone is 2. The van der Waals surface area contributed by atoms with Crippen molar-refractivity contribution in [1.29, 1.82) is 5.26 Å². The summed E-state index contributed by atoms with van der Waals surface area (Å²) >= 11 is 0. The maximum atomic E-state index is 12.6. The first-order valence-electron chi connectivity index (χ1n) is 6.38. The molecule has 2 rings (SSSR count). The lowest BCUT2D eigenvalue weighted by Gasteiger charge is -2.19. The second kappa shape index (κ2) is 5.95. The third kappa shape index (κ3) is 3.50. The molecular formula is C14H14F3N3. The van der Waals surface area contributed by atoms with Crippen LogP contribution < -0.4 is 5.32 Å². The molecule has 0 spiro atoms. The molecule has 0 radical (unpaired) electrons. The van der Waals surface area contributed by atoms with Crippen molar-refractivity contribution in [3.8, 4) is 6.07 Å². The second-order valence-electron chi connectivity index (χ2n) is 4.73. The summed E-state index contributed by atoms with van der Waals surface area (Å²) in [7, 11) is 0. The SMILES string of the molecule is N#Cc1ccc(C(F)(F)F)nc1NCC1CC=CCC1. The van der Waals surface area contributed by atoms with Crippen molar-refractivity contribution in [2.75, 3.05) is 11.9 Å². The van der Waals surface area contributed by atoms with Gasteiger partial charge in [0.25, 0.3) is 0 Å². The summed E-state index contributed by atoms with van der Waals surface area (Å²) < 4.78 is 37.8. The third-order valence-corrected chi connectivity index (χ3v) is 3.24. The average molecular weight is 281 g/mol. The van der Waals surface area contributed by atoms with Crippen molar-refractivity contribution in [1.82, 2.24) is 4.98 Å². The van der Waals surface area contributed by atoms with Crippen LogP contribution in [0, 0.1) is 17.2 Å². The van der Waals surface area contributed by atoms with E-state index in [-0.39, 0.29) is 11.4 Å². The highest BCUT2D eigenvalue weighted by molar-refractivity contribution is 5.52. The van der Waals surface area contributed by atoms with E-state index in [1.807, 2.05) is 6.07 Å². The Bertz CT molecular complexity index is 544. The number of pyridine rings is 1. The van der Waals surface area contributed by atoms with Gasteiger partial charge in [-0.25, -0.2) is 4.98 Å². The van der Waals surface area contributed by atoms with Crippen LogP contribution in [0.2, 0.25) is 0 Å². The number of alkyl halides is 3. The molecule has 0 saturated heterocycles. The van der Waals surface area contributed by atoms with E-state index in [0.717, 1.165) is 31.4 Å². The third-order valence-electron chi connectivity index (χ3n) is 3.24. The Morgan fingerprint density at radius 2 is 2.15 bits per heavy atom. The molecule has 1 aliphatic carbocycles. The zero-order valence-corrected chi connectivity index (χ0v) is 10.7. The zero-order valence-electron chi connectivity index (χ0n) is 10.7. The normalized spacial score (nSPS) is 18.6. The summed E-state index contributed by atoms with van der Waals surface area (Å²) in [6.07, 6.45) is 2.53. The lowest BCUT2D eigenvalue weighted by molar-refractivity contribution is -0.141. The Morgan fingerprint density at radius 3 is 2.75 bits per heavy atom. The van der Waals surface area contributed by atoms with E-state index >= 15 is 0 Å². The van der Waals surface area contributed by atoms with Gasteiger partial charge < -0.3 is 5.32 Å². The van der Waals surface area contributed by atoms with E-state index in [9.17, 15) is 13.2 Å². The molecule has 1 aromatic rings. The summed E-state index contributed by atoms with van der Waals surface area (Å²) in [6.45, 7) is 0.521. The summed E-state index contributed by atoms with van der Waals surface area (Å²) in [6, 6.07) is 3.83. The van der Waals surface area contributed by atoms with Gasteiger partial charge in [-0.3, -0.25) is 0 Å². The molecule has 6 heteroatoms. The van der Waals surface area contributed by atoms with Crippen molar-refractivity contribution < 1.29 is 13.2 Å². The topological polar surface area (TPSA) is 48.7 Å². The predicted molar refractivity (Wildman–Crippen MR) is 68.9 cm³/mol. The van der Waals surface area contributed by atoms with Crippen LogP contribution in [-0.4, -0.2) is 11.5 Å². The van der Waals surface area contributed by atoms with E-state index in [4.69, 9.17) is 5.26 Å². The standard InChI is InChI=1S/C14H14F3N3/c15-14(16,17)12-7-6-11(8-18)13(20-12)19-9-10-4-2-1-3-5-10/h1-2,6-7,10H,3-5,9H2,(H,19,20). The van der Waals surface area contributed by atoms with Crippen LogP contribution in [0.3, 0.4) is 0 Å². The Kier molecular flexibility index (Phi) is 4.28. The number of hydrogen-bond donors (Lipinski definition) is 1. The summed E-state index contributed by atoms with van der Waals surface area (Å²) in [5.74, 6) is 0.375. The lowest BCUT2D eigenvalue weighted by atomic mass is 9.94. The molecule has 0 aromatic carbocycles. The predicted octanol–water partition coefficient (Wildman–Crippen LogP) is 3.74. The molecule has 0 fully saturated rings. The van der Waals surface area contributed by atoms with Gasteiger partial charge in [0.1, 0.15) is 17.6 Å². The molecule has 1 unspecified atom stereocenters. The molecule has 0 amide bonds. The van der Waals surface area contributed by atoms with Crippen LogP contribution >= 0.6 is 0 Å². The first-order chi connectivity index (χ1) is 9.50. The van der Waals surface area contributed by atoms with Crippen LogP contribution in [0.15, 0.2) is 24.3 Å². The van der Waals surface area contributed by atoms with E-state index in [0.29, 0.717) is 12.5 Å². The molecule has 0 bridgehead atoms. The number of nitrogens with one attached hydrogen (secondary N) is 1. The van der Waals surface area contributed by atoms with Gasteiger partial charge in [0, 0.05) is 6.54 Å². The van der Waals surface area contributed by atoms with Gasteiger partial charge in [-0.2, -0.15) is 18.4 Å². The van der Waals surface area contributed by atoms with Gasteiger partial charge in [0.05, 0.1) is 5.56 Å². The summed E-state index contributed by atoms with van der Waals surface area (Å²) in [5.41, 5.74) is -0.855. The smallest absolute Gasteiger partial charge is 0.369 e. The van der Waals surface area contributed by atoms with Crippen molar-refractivity contribution in [2.45, 2.75) is 25.4 Å². The number of aromatic nitrogens is 1. The molecule has 106 valence electrons. The van der Waals surface area contributed by atoms with Crippen molar-refractivity contribution in [2.24, 2.45) is 5.92 Å². The lowest BCUT2D eigenvalue weighted by Crippen LogP contribution is -2.18. The largest absolute Gasteiger partial charge is 0.433 e. The number of halogens is 3. The molecule has 1 atom stereocenters. The Morgan fingerprint density at radius 1 is 1.35 bits per heavy atom. The first kappa shape index (κ1) is 14.4. The molecule has 1 aliphatic rings. The van der Waals surface area contributed by atoms with Crippen molar-refractivity contribution in [3.63, 3.8) is 0 Å². The van der Waals surface area contributed by atoms with E-state index in [2.05, 4.69) is 22.5 Å². The van der Waals surface area contributed by atoms with Crippen molar-refractivity contribution >= 4 is 5.82 Å². The van der Waals surface area contributed by atoms with Gasteiger partial charge in [0.2, 0.25) is 0 Å². The second-order valence-corrected chi connectivity index (χ2v) is 4.73. The van der Waals surface area contributed by atoms with E-state index in [1.165, 1.54) is 0 Å². The molecule has 0 saturated carbocycles. The highest BCUT2D eigenvalue weighted by Gasteiger charge is 2.33. The molecule has 1 heterocycles. The number of nitrogens with zero attached hydrogens (tertiary/aromatic N) is 2. The van der Waals surface area contributed by atoms with Crippen LogP contribution in [0.25, 0.3) is 0 Å². The molecule has 1 N–H and O–H groups in total. The zero-order chi connectivity index (χ0) is 14.6. The fraction of sp³-hybridized carbons (Fsp3) is 0.429. The molecule has 1 aromatic heterocycles. The van der Waals surface area contributed by atoms with Gasteiger partial charge >= 0.3 is 6.18 Å². The molecular weight excluding hydrogens is 267 g/mol. The quantitative estimate of drug-likeness (QED) is 0.859. The minimum Gasteiger partial charge on any atom is -0.369 e. The average Bonchev–Trinajstić information content (AvgIpc) is 2.45. The van der Waals surface area contributed by atoms with Crippen LogP contribution in [0.5, 0.6) is 0 Å². The van der Waals surface area contributed by atoms with Gasteiger partial charge in [-0.15, -0.1) is 0 Å². The number of anilines is 1. The van der Waals surface area contributed by atoms with E-state index in [1.54, 1.807) is 0 Å². The molecule has 20 heavy (non-hydrogen) atoms. The Labute approximate surface area is 115 Å². The monoisotopic (exact) mass is 281 g/mol. The van der Waals surface area contributed by atoms with Gasteiger partial charge in [-0.05, 0) is 37.3 Å². The van der Waals surface area contributed by atoms with Crippen LogP contribution in [-0.2, 0) is 6.18 Å². The minimum absolute atomic E-state index is 0.0110. The number of hydrogen-bond acceptors (Lipinski definition) is 3. The molecule has 3 nitrogen and oxygen atoms in total. The maximum absolute atomic E-state index is 12.6. The first-order valence-corrected chi connectivity index (χ1v) is 6.38. The van der Waals surface area contributed by atoms with Gasteiger partial charge in [-0.1, -0.05) is 12.2 Å².